The minimum Gasteiger partial charge on any atom is -0.489 e. The number of rotatable bonds is 9. The van der Waals surface area contributed by atoms with Crippen LogP contribution in [0.15, 0.2) is 97.2 Å². The molecular formula is C38H29ClF6N4O5. The predicted octanol–water partition coefficient (Wildman–Crippen LogP) is 8.33. The number of ether oxygens (including phenoxy) is 2. The summed E-state index contributed by atoms with van der Waals surface area (Å²) >= 11 is 6.34. The van der Waals surface area contributed by atoms with E-state index in [0.717, 1.165) is 28.2 Å². The van der Waals surface area contributed by atoms with Gasteiger partial charge in [0.15, 0.2) is 5.75 Å². The predicted molar refractivity (Wildman–Crippen MR) is 188 cm³/mol. The number of nitrogens with one attached hydrogen (secondary N) is 1. The van der Waals surface area contributed by atoms with Gasteiger partial charge >= 0.3 is 24.3 Å². The van der Waals surface area contributed by atoms with Crippen molar-refractivity contribution in [2.24, 2.45) is 0 Å². The van der Waals surface area contributed by atoms with Crippen LogP contribution in [0.4, 0.5) is 32.0 Å². The zero-order valence-electron chi connectivity index (χ0n) is 28.0. The number of anilines is 1. The molecule has 7 rings (SSSR count). The number of alkyl halides is 6. The quantitative estimate of drug-likeness (QED) is 0.0899. The molecule has 0 unspecified atom stereocenters. The Labute approximate surface area is 308 Å². The van der Waals surface area contributed by atoms with Crippen LogP contribution in [-0.4, -0.2) is 65.1 Å². The fourth-order valence-corrected chi connectivity index (χ4v) is 6.65. The molecule has 0 spiro atoms. The molecule has 1 fully saturated rings. The lowest BCUT2D eigenvalue weighted by atomic mass is 10.0. The van der Waals surface area contributed by atoms with Gasteiger partial charge in [0.1, 0.15) is 12.4 Å². The first kappa shape index (κ1) is 36.7. The van der Waals surface area contributed by atoms with E-state index in [4.69, 9.17) is 25.9 Å². The Kier molecular flexibility index (Phi) is 9.94. The van der Waals surface area contributed by atoms with Crippen molar-refractivity contribution in [1.82, 2.24) is 14.6 Å². The average Bonchev–Trinajstić information content (AvgIpc) is 3.75. The highest BCUT2D eigenvalue weighted by Gasteiger charge is 2.44. The number of fused-ring (bicyclic) bond motifs is 2. The standard InChI is InChI=1S/C38H29ClF6N4O5/c39-27-13-14-30-33(34(27)53-35(50)37(40,41)42)32(24-9-11-25(12-10-24)52-22-23-5-2-1-3-6-23)31(49(30)54-36(51)38(43,44)45)21-47-17-19-48(20-18-47)29-8-4-7-28-26(29)15-16-46-28/h1-16,46H,17-22H2. The first-order chi connectivity index (χ1) is 25.8. The van der Waals surface area contributed by atoms with Gasteiger partial charge in [0.25, 0.3) is 0 Å². The van der Waals surface area contributed by atoms with Crippen molar-refractivity contribution in [2.45, 2.75) is 25.5 Å². The number of H-pyrrole nitrogens is 1. The maximum absolute atomic E-state index is 13.7. The second-order valence-electron chi connectivity index (χ2n) is 12.4. The van der Waals surface area contributed by atoms with Crippen LogP contribution >= 0.6 is 11.6 Å². The first-order valence-corrected chi connectivity index (χ1v) is 16.9. The molecule has 54 heavy (non-hydrogen) atoms. The summed E-state index contributed by atoms with van der Waals surface area (Å²) in [5.41, 5.74) is 2.79. The van der Waals surface area contributed by atoms with Gasteiger partial charge in [0.2, 0.25) is 0 Å². The zero-order valence-corrected chi connectivity index (χ0v) is 28.8. The van der Waals surface area contributed by atoms with E-state index in [1.165, 1.54) is 6.07 Å². The van der Waals surface area contributed by atoms with E-state index in [-0.39, 0.29) is 40.9 Å². The number of nitrogens with zero attached hydrogens (tertiary/aromatic N) is 3. The van der Waals surface area contributed by atoms with Crippen molar-refractivity contribution in [3.05, 3.63) is 113 Å². The minimum atomic E-state index is -5.44. The van der Waals surface area contributed by atoms with Crippen LogP contribution < -0.4 is 19.2 Å². The molecule has 280 valence electrons. The van der Waals surface area contributed by atoms with Crippen LogP contribution in [-0.2, 0) is 22.7 Å². The van der Waals surface area contributed by atoms with Gasteiger partial charge in [-0.25, -0.2) is 9.59 Å². The summed E-state index contributed by atoms with van der Waals surface area (Å²) in [6.45, 7) is 1.91. The van der Waals surface area contributed by atoms with E-state index in [2.05, 4.69) is 9.88 Å². The number of halogens is 7. The van der Waals surface area contributed by atoms with Crippen molar-refractivity contribution in [3.63, 3.8) is 0 Å². The molecule has 6 aromatic rings. The van der Waals surface area contributed by atoms with Crippen LogP contribution in [0.5, 0.6) is 11.5 Å². The largest absolute Gasteiger partial charge is 0.493 e. The Balaban J connectivity index is 1.31. The molecule has 0 saturated carbocycles. The van der Waals surface area contributed by atoms with Gasteiger partial charge in [-0.1, -0.05) is 60.1 Å². The number of hydrogen-bond acceptors (Lipinski definition) is 7. The van der Waals surface area contributed by atoms with E-state index in [9.17, 15) is 35.9 Å². The van der Waals surface area contributed by atoms with Crippen molar-refractivity contribution in [1.29, 1.82) is 0 Å². The number of benzene rings is 4. The summed E-state index contributed by atoms with van der Waals surface area (Å²) < 4.78 is 92.9. The molecule has 16 heteroatoms. The maximum Gasteiger partial charge on any atom is 0.493 e. The molecule has 2 aromatic heterocycles. The van der Waals surface area contributed by atoms with Crippen molar-refractivity contribution >= 4 is 51.0 Å². The Morgan fingerprint density at radius 3 is 2.17 bits per heavy atom. The third kappa shape index (κ3) is 7.54. The molecule has 4 aromatic carbocycles. The van der Waals surface area contributed by atoms with Crippen molar-refractivity contribution in [2.75, 3.05) is 31.1 Å². The van der Waals surface area contributed by atoms with Crippen LogP contribution in [0.3, 0.4) is 0 Å². The number of esters is 1. The summed E-state index contributed by atoms with van der Waals surface area (Å²) in [6, 6.07) is 25.5. The van der Waals surface area contributed by atoms with Gasteiger partial charge in [0.05, 0.1) is 21.6 Å². The third-order valence-electron chi connectivity index (χ3n) is 8.97. The van der Waals surface area contributed by atoms with E-state index in [1.54, 1.807) is 24.3 Å². The highest BCUT2D eigenvalue weighted by Crippen LogP contribution is 2.45. The number of carbonyl (C=O) groups excluding carboxylic acids is 2. The summed E-state index contributed by atoms with van der Waals surface area (Å²) in [5, 5.41) is 0.296. The normalized spacial score (nSPS) is 14.1. The smallest absolute Gasteiger partial charge is 0.489 e. The Hall–Kier alpha value is -5.67. The van der Waals surface area contributed by atoms with Gasteiger partial charge in [0, 0.05) is 61.1 Å². The molecule has 0 atom stereocenters. The monoisotopic (exact) mass is 770 g/mol. The molecule has 1 aliphatic rings. The molecular weight excluding hydrogens is 742 g/mol. The second kappa shape index (κ2) is 14.6. The molecule has 3 heterocycles. The summed E-state index contributed by atoms with van der Waals surface area (Å²) in [7, 11) is 0. The second-order valence-corrected chi connectivity index (χ2v) is 12.8. The molecule has 1 aliphatic heterocycles. The van der Waals surface area contributed by atoms with Crippen LogP contribution in [0.2, 0.25) is 5.02 Å². The molecule has 0 bridgehead atoms. The van der Waals surface area contributed by atoms with Gasteiger partial charge in [-0.05, 0) is 53.6 Å². The van der Waals surface area contributed by atoms with E-state index < -0.39 is 35.1 Å². The van der Waals surface area contributed by atoms with Gasteiger partial charge < -0.3 is 24.2 Å². The SMILES string of the molecule is O=C(Oc1c(Cl)ccc2c1c(-c1ccc(OCc3ccccc3)cc1)c(CN1CCN(c3cccc4[nH]ccc34)CC1)n2OC(=O)C(F)(F)F)C(F)(F)F. The zero-order chi connectivity index (χ0) is 38.2. The lowest BCUT2D eigenvalue weighted by Gasteiger charge is -2.36. The molecule has 0 aliphatic carbocycles. The number of hydrogen-bond donors (Lipinski definition) is 1. The van der Waals surface area contributed by atoms with E-state index >= 15 is 0 Å². The summed E-state index contributed by atoms with van der Waals surface area (Å²) in [4.78, 5) is 36.7. The molecule has 0 radical (unpaired) electrons. The molecule has 9 nitrogen and oxygen atoms in total. The topological polar surface area (TPSA) is 89.0 Å². The minimum absolute atomic E-state index is 0.0292. The third-order valence-corrected chi connectivity index (χ3v) is 9.27. The number of carbonyl (C=O) groups is 2. The van der Waals surface area contributed by atoms with Gasteiger partial charge in [-0.2, -0.15) is 31.1 Å². The Morgan fingerprint density at radius 2 is 1.48 bits per heavy atom. The molecule has 1 saturated heterocycles. The number of aromatic nitrogens is 2. The summed E-state index contributed by atoms with van der Waals surface area (Å²) in [6.07, 6.45) is -9.04. The fraction of sp³-hybridized carbons (Fsp3) is 0.211. The fourth-order valence-electron chi connectivity index (χ4n) is 6.45. The lowest BCUT2D eigenvalue weighted by Crippen LogP contribution is -2.46. The number of aromatic amines is 1. The van der Waals surface area contributed by atoms with E-state index in [1.807, 2.05) is 65.7 Å². The lowest BCUT2D eigenvalue weighted by molar-refractivity contribution is -0.199. The van der Waals surface area contributed by atoms with E-state index in [0.29, 0.717) is 36.7 Å². The van der Waals surface area contributed by atoms with Crippen LogP contribution in [0, 0.1) is 0 Å². The Bertz CT molecular complexity index is 2320. The van der Waals surface area contributed by atoms with Gasteiger partial charge in [-0.3, -0.25) is 4.90 Å². The first-order valence-electron chi connectivity index (χ1n) is 16.5. The van der Waals surface area contributed by atoms with Gasteiger partial charge in [-0.15, -0.1) is 0 Å². The van der Waals surface area contributed by atoms with Crippen LogP contribution in [0.1, 0.15) is 11.3 Å². The van der Waals surface area contributed by atoms with Crippen molar-refractivity contribution in [3.8, 4) is 22.6 Å². The number of piperazine rings is 1. The van der Waals surface area contributed by atoms with Crippen LogP contribution in [0.25, 0.3) is 32.9 Å². The maximum atomic E-state index is 13.7. The average molecular weight is 771 g/mol. The molecule has 0 amide bonds. The summed E-state index contributed by atoms with van der Waals surface area (Å²) in [5.74, 6) is -5.55. The van der Waals surface area contributed by atoms with Crippen molar-refractivity contribution < 1.29 is 50.2 Å². The highest BCUT2D eigenvalue weighted by atomic mass is 35.5. The Morgan fingerprint density at radius 1 is 0.778 bits per heavy atom. The highest BCUT2D eigenvalue weighted by molar-refractivity contribution is 6.34. The molecule has 1 N–H and O–H groups in total.